The molecule has 1 amide bonds. The van der Waals surface area contributed by atoms with Crippen molar-refractivity contribution in [3.05, 3.63) is 35.9 Å². The van der Waals surface area contributed by atoms with Crippen LogP contribution in [0.25, 0.3) is 0 Å². The Morgan fingerprint density at radius 1 is 1.25 bits per heavy atom. The van der Waals surface area contributed by atoms with Crippen molar-refractivity contribution in [2.75, 3.05) is 13.1 Å². The first-order valence-corrected chi connectivity index (χ1v) is 7.79. The van der Waals surface area contributed by atoms with Gasteiger partial charge in [-0.3, -0.25) is 4.79 Å². The lowest BCUT2D eigenvalue weighted by Crippen LogP contribution is -2.52. The van der Waals surface area contributed by atoms with Gasteiger partial charge in [-0.05, 0) is 57.2 Å². The fraction of sp³-hybridized carbons (Fsp3) is 0.588. The first-order chi connectivity index (χ1) is 9.72. The number of piperidine rings is 1. The van der Waals surface area contributed by atoms with Crippen LogP contribution in [0.3, 0.4) is 0 Å². The Balaban J connectivity index is 1.83. The second kappa shape index (κ2) is 5.57. The third-order valence-corrected chi connectivity index (χ3v) is 4.91. The zero-order valence-electron chi connectivity index (χ0n) is 12.2. The Morgan fingerprint density at radius 3 is 2.50 bits per heavy atom. The summed E-state index contributed by atoms with van der Waals surface area (Å²) in [7, 11) is 0. The Morgan fingerprint density at radius 2 is 1.90 bits per heavy atom. The standard InChI is InChI=1S/C17H24N2O/c1-13(14-7-8-14)19-16(20)17(9-11-18-12-10-17)15-5-3-2-4-6-15/h2-6,13-14,18H,7-12H2,1H3,(H,19,20). The molecule has 1 aliphatic carbocycles. The number of carbonyl (C=O) groups is 1. The van der Waals surface area contributed by atoms with E-state index in [1.54, 1.807) is 0 Å². The van der Waals surface area contributed by atoms with Crippen molar-refractivity contribution in [3.8, 4) is 0 Å². The molecular weight excluding hydrogens is 248 g/mol. The molecule has 3 nitrogen and oxygen atoms in total. The molecule has 1 unspecified atom stereocenters. The van der Waals surface area contributed by atoms with E-state index >= 15 is 0 Å². The zero-order chi connectivity index (χ0) is 14.0. The summed E-state index contributed by atoms with van der Waals surface area (Å²) in [5.74, 6) is 0.929. The van der Waals surface area contributed by atoms with E-state index in [1.807, 2.05) is 18.2 Å². The molecule has 2 N–H and O–H groups in total. The first kappa shape index (κ1) is 13.6. The van der Waals surface area contributed by atoms with Crippen LogP contribution in [0, 0.1) is 5.92 Å². The SMILES string of the molecule is CC(NC(=O)C1(c2ccccc2)CCNCC1)C1CC1. The second-order valence-electron chi connectivity index (χ2n) is 6.30. The van der Waals surface area contributed by atoms with Gasteiger partial charge in [-0.15, -0.1) is 0 Å². The van der Waals surface area contributed by atoms with Crippen molar-refractivity contribution in [2.24, 2.45) is 5.92 Å². The Labute approximate surface area is 121 Å². The van der Waals surface area contributed by atoms with Gasteiger partial charge in [-0.2, -0.15) is 0 Å². The lowest BCUT2D eigenvalue weighted by Gasteiger charge is -2.37. The van der Waals surface area contributed by atoms with E-state index in [9.17, 15) is 4.79 Å². The molecule has 3 heteroatoms. The first-order valence-electron chi connectivity index (χ1n) is 7.79. The molecule has 0 radical (unpaired) electrons. The minimum absolute atomic E-state index is 0.226. The maximum atomic E-state index is 12.9. The fourth-order valence-corrected chi connectivity index (χ4v) is 3.32. The molecule has 20 heavy (non-hydrogen) atoms. The van der Waals surface area contributed by atoms with Crippen molar-refractivity contribution in [1.82, 2.24) is 10.6 Å². The predicted octanol–water partition coefficient (Wildman–Crippen LogP) is 2.22. The number of hydrogen-bond donors (Lipinski definition) is 2. The summed E-state index contributed by atoms with van der Waals surface area (Å²) in [5, 5.41) is 6.66. The summed E-state index contributed by atoms with van der Waals surface area (Å²) in [6.45, 7) is 3.98. The normalized spacial score (nSPS) is 23.1. The van der Waals surface area contributed by atoms with Crippen LogP contribution in [-0.2, 0) is 10.2 Å². The van der Waals surface area contributed by atoms with Crippen LogP contribution < -0.4 is 10.6 Å². The number of nitrogens with one attached hydrogen (secondary N) is 2. The molecule has 1 saturated heterocycles. The summed E-state index contributed by atoms with van der Waals surface area (Å²) < 4.78 is 0. The summed E-state index contributed by atoms with van der Waals surface area (Å²) in [6, 6.07) is 10.6. The molecule has 1 aliphatic heterocycles. The average Bonchev–Trinajstić information content (AvgIpc) is 3.33. The van der Waals surface area contributed by atoms with Gasteiger partial charge < -0.3 is 10.6 Å². The molecule has 108 valence electrons. The molecule has 2 fully saturated rings. The van der Waals surface area contributed by atoms with E-state index in [0.29, 0.717) is 12.0 Å². The van der Waals surface area contributed by atoms with E-state index in [0.717, 1.165) is 25.9 Å². The smallest absolute Gasteiger partial charge is 0.230 e. The van der Waals surface area contributed by atoms with Crippen LogP contribution in [0.15, 0.2) is 30.3 Å². The van der Waals surface area contributed by atoms with Gasteiger partial charge in [0.1, 0.15) is 0 Å². The molecule has 1 saturated carbocycles. The number of rotatable bonds is 4. The summed E-state index contributed by atoms with van der Waals surface area (Å²) >= 11 is 0. The third kappa shape index (κ3) is 2.59. The van der Waals surface area contributed by atoms with Gasteiger partial charge in [-0.1, -0.05) is 30.3 Å². The largest absolute Gasteiger partial charge is 0.353 e. The number of carbonyl (C=O) groups excluding carboxylic acids is 1. The monoisotopic (exact) mass is 272 g/mol. The summed E-state index contributed by atoms with van der Waals surface area (Å²) in [5.41, 5.74) is 0.831. The van der Waals surface area contributed by atoms with Crippen LogP contribution in [0.5, 0.6) is 0 Å². The minimum atomic E-state index is -0.338. The van der Waals surface area contributed by atoms with E-state index in [1.165, 1.54) is 18.4 Å². The minimum Gasteiger partial charge on any atom is -0.353 e. The maximum absolute atomic E-state index is 12.9. The highest BCUT2D eigenvalue weighted by Crippen LogP contribution is 2.36. The van der Waals surface area contributed by atoms with E-state index < -0.39 is 0 Å². The molecule has 0 aromatic heterocycles. The lowest BCUT2D eigenvalue weighted by atomic mass is 9.72. The molecule has 0 bridgehead atoms. The van der Waals surface area contributed by atoms with Gasteiger partial charge in [-0.25, -0.2) is 0 Å². The van der Waals surface area contributed by atoms with Crippen LogP contribution in [0.2, 0.25) is 0 Å². The lowest BCUT2D eigenvalue weighted by molar-refractivity contribution is -0.128. The van der Waals surface area contributed by atoms with Gasteiger partial charge in [0.05, 0.1) is 5.41 Å². The molecule has 0 spiro atoms. The topological polar surface area (TPSA) is 41.1 Å². The van der Waals surface area contributed by atoms with Crippen molar-refractivity contribution in [1.29, 1.82) is 0 Å². The maximum Gasteiger partial charge on any atom is 0.230 e. The van der Waals surface area contributed by atoms with Crippen LogP contribution in [0.4, 0.5) is 0 Å². The van der Waals surface area contributed by atoms with Gasteiger partial charge in [0.25, 0.3) is 0 Å². The fourth-order valence-electron chi connectivity index (χ4n) is 3.32. The summed E-state index contributed by atoms with van der Waals surface area (Å²) in [4.78, 5) is 12.9. The van der Waals surface area contributed by atoms with Crippen LogP contribution in [0.1, 0.15) is 38.2 Å². The van der Waals surface area contributed by atoms with Gasteiger partial charge in [0.15, 0.2) is 0 Å². The molecule has 1 aromatic carbocycles. The van der Waals surface area contributed by atoms with Crippen LogP contribution >= 0.6 is 0 Å². The zero-order valence-corrected chi connectivity index (χ0v) is 12.2. The van der Waals surface area contributed by atoms with Crippen molar-refractivity contribution in [3.63, 3.8) is 0 Å². The number of hydrogen-bond acceptors (Lipinski definition) is 2. The highest BCUT2D eigenvalue weighted by molar-refractivity contribution is 5.88. The number of benzene rings is 1. The second-order valence-corrected chi connectivity index (χ2v) is 6.30. The Bertz CT molecular complexity index is 461. The molecule has 3 rings (SSSR count). The highest BCUT2D eigenvalue weighted by Gasteiger charge is 2.42. The van der Waals surface area contributed by atoms with Gasteiger partial charge in [0, 0.05) is 6.04 Å². The van der Waals surface area contributed by atoms with Crippen molar-refractivity contribution < 1.29 is 4.79 Å². The molecule has 2 aliphatic rings. The van der Waals surface area contributed by atoms with Crippen molar-refractivity contribution >= 4 is 5.91 Å². The molecular formula is C17H24N2O. The van der Waals surface area contributed by atoms with E-state index in [-0.39, 0.29) is 11.3 Å². The van der Waals surface area contributed by atoms with E-state index in [4.69, 9.17) is 0 Å². The molecule has 1 heterocycles. The van der Waals surface area contributed by atoms with Gasteiger partial charge in [0.2, 0.25) is 5.91 Å². The Hall–Kier alpha value is -1.35. The number of amides is 1. The quantitative estimate of drug-likeness (QED) is 0.882. The third-order valence-electron chi connectivity index (χ3n) is 4.91. The average molecular weight is 272 g/mol. The Kier molecular flexibility index (Phi) is 3.79. The van der Waals surface area contributed by atoms with E-state index in [2.05, 4.69) is 29.7 Å². The molecule has 1 atom stereocenters. The van der Waals surface area contributed by atoms with Crippen LogP contribution in [-0.4, -0.2) is 25.0 Å². The summed E-state index contributed by atoms with van der Waals surface area (Å²) in [6.07, 6.45) is 4.31. The molecule has 1 aromatic rings. The highest BCUT2D eigenvalue weighted by atomic mass is 16.2. The van der Waals surface area contributed by atoms with Crippen molar-refractivity contribution in [2.45, 2.75) is 44.1 Å². The predicted molar refractivity (Wildman–Crippen MR) is 80.6 cm³/mol. The van der Waals surface area contributed by atoms with Gasteiger partial charge >= 0.3 is 0 Å².